The molecule has 0 radical (unpaired) electrons. The van der Waals surface area contributed by atoms with E-state index in [2.05, 4.69) is 10.1 Å². The molecule has 3 heteroatoms. The molecule has 0 aliphatic rings. The average molecular weight is 116 g/mol. The minimum Gasteiger partial charge on any atom is -0.374 e. The summed E-state index contributed by atoms with van der Waals surface area (Å²) in [5.74, 6) is 0. The maximum atomic E-state index is 6.36. The van der Waals surface area contributed by atoms with Crippen molar-refractivity contribution < 1.29 is 4.84 Å². The molecule has 0 spiro atoms. The molecule has 0 aromatic heterocycles. The van der Waals surface area contributed by atoms with Crippen LogP contribution in [0.3, 0.4) is 0 Å². The molecule has 0 saturated heterocycles. The van der Waals surface area contributed by atoms with Crippen molar-refractivity contribution in [2.45, 2.75) is 32.8 Å². The van der Waals surface area contributed by atoms with Crippen LogP contribution in [-0.2, 0) is 4.84 Å². The summed E-state index contributed by atoms with van der Waals surface area (Å²) >= 11 is 0. The molecule has 8 heavy (non-hydrogen) atoms. The summed E-state index contributed by atoms with van der Waals surface area (Å²) in [7, 11) is 0. The topological polar surface area (TPSA) is 45.4 Å². The van der Waals surface area contributed by atoms with Crippen LogP contribution in [0.15, 0.2) is 5.28 Å². The lowest BCUT2D eigenvalue weighted by molar-refractivity contribution is -0.0335. The fraction of sp³-hybridized carbons (Fsp3) is 1.00. The standard InChI is InChI=1S/C5H12N2O/c1-4-5(2,3)8-7-6/h6H,4H2,1-3H3. The van der Waals surface area contributed by atoms with Gasteiger partial charge in [0.15, 0.2) is 0 Å². The van der Waals surface area contributed by atoms with E-state index < -0.39 is 0 Å². The molecule has 0 aliphatic carbocycles. The Morgan fingerprint density at radius 2 is 2.12 bits per heavy atom. The predicted molar refractivity (Wildman–Crippen MR) is 30.6 cm³/mol. The first-order valence-corrected chi connectivity index (χ1v) is 2.67. The molecule has 1 N–H and O–H groups in total. The highest BCUT2D eigenvalue weighted by Gasteiger charge is 2.15. The van der Waals surface area contributed by atoms with Crippen LogP contribution in [0, 0.1) is 5.53 Å². The fourth-order valence-corrected chi connectivity index (χ4v) is 0.188. The highest BCUT2D eigenvalue weighted by molar-refractivity contribution is 4.62. The van der Waals surface area contributed by atoms with E-state index in [0.717, 1.165) is 6.42 Å². The maximum Gasteiger partial charge on any atom is 0.133 e. The molecule has 3 nitrogen and oxygen atoms in total. The smallest absolute Gasteiger partial charge is 0.133 e. The maximum absolute atomic E-state index is 6.36. The van der Waals surface area contributed by atoms with Gasteiger partial charge in [0.2, 0.25) is 0 Å². The Bertz CT molecular complexity index is 80.5. The molecule has 0 unspecified atom stereocenters. The van der Waals surface area contributed by atoms with Crippen molar-refractivity contribution in [1.82, 2.24) is 0 Å². The lowest BCUT2D eigenvalue weighted by Gasteiger charge is -2.17. The molecule has 0 fully saturated rings. The third-order valence-electron chi connectivity index (χ3n) is 1.14. The van der Waals surface area contributed by atoms with Crippen LogP contribution in [0.25, 0.3) is 0 Å². The van der Waals surface area contributed by atoms with E-state index in [-0.39, 0.29) is 5.60 Å². The van der Waals surface area contributed by atoms with E-state index in [4.69, 9.17) is 5.53 Å². The van der Waals surface area contributed by atoms with Crippen LogP contribution in [-0.4, -0.2) is 5.60 Å². The zero-order valence-corrected chi connectivity index (χ0v) is 5.56. The van der Waals surface area contributed by atoms with Crippen molar-refractivity contribution in [1.29, 1.82) is 5.53 Å². The van der Waals surface area contributed by atoms with Gasteiger partial charge < -0.3 is 4.84 Å². The van der Waals surface area contributed by atoms with E-state index in [1.807, 2.05) is 20.8 Å². The lowest BCUT2D eigenvalue weighted by atomic mass is 10.1. The molecule has 0 aromatic rings. The third kappa shape index (κ3) is 2.55. The molecule has 0 atom stereocenters. The average Bonchev–Trinajstić information content (AvgIpc) is 1.67. The van der Waals surface area contributed by atoms with Gasteiger partial charge in [-0.05, 0) is 20.3 Å². The van der Waals surface area contributed by atoms with Gasteiger partial charge in [-0.25, -0.2) is 0 Å². The first-order valence-electron chi connectivity index (χ1n) is 2.67. The van der Waals surface area contributed by atoms with Gasteiger partial charge in [0, 0.05) is 5.28 Å². The molecule has 0 amide bonds. The van der Waals surface area contributed by atoms with Crippen LogP contribution in [0.5, 0.6) is 0 Å². The quantitative estimate of drug-likeness (QED) is 0.445. The zero-order valence-electron chi connectivity index (χ0n) is 5.56. The van der Waals surface area contributed by atoms with Crippen molar-refractivity contribution in [3.05, 3.63) is 0 Å². The predicted octanol–water partition coefficient (Wildman–Crippen LogP) is 2.14. The van der Waals surface area contributed by atoms with Crippen molar-refractivity contribution in [2.75, 3.05) is 0 Å². The van der Waals surface area contributed by atoms with E-state index >= 15 is 0 Å². The van der Waals surface area contributed by atoms with Crippen LogP contribution < -0.4 is 0 Å². The second-order valence-electron chi connectivity index (χ2n) is 2.30. The van der Waals surface area contributed by atoms with E-state index in [0.29, 0.717) is 0 Å². The molecular formula is C5H12N2O. The summed E-state index contributed by atoms with van der Waals surface area (Å²) in [6.07, 6.45) is 0.870. The Morgan fingerprint density at radius 3 is 2.25 bits per heavy atom. The van der Waals surface area contributed by atoms with Crippen molar-refractivity contribution in [3.63, 3.8) is 0 Å². The number of hydrogen-bond acceptors (Lipinski definition) is 3. The zero-order chi connectivity index (χ0) is 6.62. The summed E-state index contributed by atoms with van der Waals surface area (Å²) in [5.41, 5.74) is 6.10. The van der Waals surface area contributed by atoms with Crippen LogP contribution in [0.2, 0.25) is 0 Å². The lowest BCUT2D eigenvalue weighted by Crippen LogP contribution is -2.19. The van der Waals surface area contributed by atoms with Gasteiger partial charge in [0.05, 0.1) is 0 Å². The Balaban J connectivity index is 3.53. The minimum atomic E-state index is -0.262. The Labute approximate surface area is 49.5 Å². The minimum absolute atomic E-state index is 0.262. The van der Waals surface area contributed by atoms with Gasteiger partial charge in [0.25, 0.3) is 0 Å². The summed E-state index contributed by atoms with van der Waals surface area (Å²) < 4.78 is 0. The number of nitrogens with one attached hydrogen (secondary N) is 1. The normalized spacial score (nSPS) is 10.9. The molecule has 0 rings (SSSR count). The highest BCUT2D eigenvalue weighted by Crippen LogP contribution is 2.12. The second-order valence-corrected chi connectivity index (χ2v) is 2.30. The molecule has 0 aliphatic heterocycles. The Kier molecular flexibility index (Phi) is 2.45. The van der Waals surface area contributed by atoms with Gasteiger partial charge in [-0.2, -0.15) is 5.53 Å². The van der Waals surface area contributed by atoms with Crippen molar-refractivity contribution in [3.8, 4) is 0 Å². The van der Waals surface area contributed by atoms with Gasteiger partial charge >= 0.3 is 0 Å². The summed E-state index contributed by atoms with van der Waals surface area (Å²) in [6.45, 7) is 5.78. The fourth-order valence-electron chi connectivity index (χ4n) is 0.188. The SMILES string of the molecule is CCC(C)(C)ON=N. The summed E-state index contributed by atoms with van der Waals surface area (Å²) in [5, 5.41) is 2.83. The molecule has 0 aromatic carbocycles. The van der Waals surface area contributed by atoms with Crippen molar-refractivity contribution in [2.24, 2.45) is 5.28 Å². The molecule has 0 heterocycles. The van der Waals surface area contributed by atoms with Gasteiger partial charge in [-0.3, -0.25) is 0 Å². The highest BCUT2D eigenvalue weighted by atomic mass is 16.7. The first kappa shape index (κ1) is 7.40. The van der Waals surface area contributed by atoms with Gasteiger partial charge in [0.1, 0.15) is 5.60 Å². The Hall–Kier alpha value is -0.600. The van der Waals surface area contributed by atoms with Gasteiger partial charge in [-0.1, -0.05) is 6.92 Å². The summed E-state index contributed by atoms with van der Waals surface area (Å²) in [6, 6.07) is 0. The molecular weight excluding hydrogens is 104 g/mol. The number of nitrogens with zero attached hydrogens (tertiary/aromatic N) is 1. The van der Waals surface area contributed by atoms with E-state index in [1.54, 1.807) is 0 Å². The third-order valence-corrected chi connectivity index (χ3v) is 1.14. The monoisotopic (exact) mass is 116 g/mol. The molecule has 0 saturated carbocycles. The van der Waals surface area contributed by atoms with Crippen LogP contribution >= 0.6 is 0 Å². The van der Waals surface area contributed by atoms with Crippen LogP contribution in [0.4, 0.5) is 0 Å². The van der Waals surface area contributed by atoms with Gasteiger partial charge in [-0.15, -0.1) is 0 Å². The Morgan fingerprint density at radius 1 is 1.62 bits per heavy atom. The largest absolute Gasteiger partial charge is 0.374 e. The first-order chi connectivity index (χ1) is 3.62. The molecule has 0 bridgehead atoms. The van der Waals surface area contributed by atoms with E-state index in [1.165, 1.54) is 0 Å². The molecule has 48 valence electrons. The van der Waals surface area contributed by atoms with E-state index in [9.17, 15) is 0 Å². The summed E-state index contributed by atoms with van der Waals surface area (Å²) in [4.78, 5) is 4.67. The number of rotatable bonds is 3. The van der Waals surface area contributed by atoms with Crippen LogP contribution in [0.1, 0.15) is 27.2 Å². The van der Waals surface area contributed by atoms with Crippen molar-refractivity contribution >= 4 is 0 Å². The second kappa shape index (κ2) is 2.64. The number of hydrogen-bond donors (Lipinski definition) is 1.